The molecule has 2 saturated heterocycles. The lowest BCUT2D eigenvalue weighted by Gasteiger charge is -2.29. The average Bonchev–Trinajstić information content (AvgIpc) is 2.61. The van der Waals surface area contributed by atoms with Gasteiger partial charge in [0.15, 0.2) is 0 Å². The second kappa shape index (κ2) is 4.19. The van der Waals surface area contributed by atoms with Crippen molar-refractivity contribution in [3.63, 3.8) is 0 Å². The zero-order valence-corrected chi connectivity index (χ0v) is 10.1. The van der Waals surface area contributed by atoms with Crippen LogP contribution in [0.15, 0.2) is 0 Å². The molecule has 0 saturated carbocycles. The summed E-state index contributed by atoms with van der Waals surface area (Å²) in [5.74, 6) is 0. The van der Waals surface area contributed by atoms with Gasteiger partial charge >= 0.3 is 0 Å². The normalized spacial score (nSPS) is 34.9. The first kappa shape index (κ1) is 12.0. The van der Waals surface area contributed by atoms with Gasteiger partial charge in [0.2, 0.25) is 0 Å². The van der Waals surface area contributed by atoms with Crippen LogP contribution in [0.25, 0.3) is 0 Å². The van der Waals surface area contributed by atoms with Crippen LogP contribution in [0.2, 0.25) is 0 Å². The molecular formula is C12H25NO. The minimum Gasteiger partial charge on any atom is -0.394 e. The van der Waals surface area contributed by atoms with Crippen LogP contribution in [0, 0.1) is 5.41 Å². The molecule has 1 unspecified atom stereocenters. The predicted molar refractivity (Wildman–Crippen MR) is 60.4 cm³/mol. The number of fused-ring (bicyclic) bond motifs is 1. The second-order valence-corrected chi connectivity index (χ2v) is 5.25. The third-order valence-corrected chi connectivity index (χ3v) is 3.46. The van der Waals surface area contributed by atoms with Crippen LogP contribution in [0.1, 0.15) is 47.0 Å². The molecule has 0 spiro atoms. The molecule has 2 heteroatoms. The van der Waals surface area contributed by atoms with Crippen LogP contribution < -0.4 is 0 Å². The first-order valence-corrected chi connectivity index (χ1v) is 5.94. The minimum absolute atomic E-state index is 0.170. The van der Waals surface area contributed by atoms with E-state index in [2.05, 4.69) is 18.7 Å². The van der Waals surface area contributed by atoms with E-state index in [0.717, 1.165) is 0 Å². The van der Waals surface area contributed by atoms with Crippen molar-refractivity contribution in [2.24, 2.45) is 5.41 Å². The summed E-state index contributed by atoms with van der Waals surface area (Å²) in [5, 5.41) is 9.42. The summed E-state index contributed by atoms with van der Waals surface area (Å²) in [6.45, 7) is 11.3. The Balaban J connectivity index is 0.000000461. The highest BCUT2D eigenvalue weighted by molar-refractivity contribution is 5.05. The lowest BCUT2D eigenvalue weighted by Crippen LogP contribution is -2.41. The van der Waals surface area contributed by atoms with Crippen LogP contribution in [0.4, 0.5) is 0 Å². The average molecular weight is 199 g/mol. The molecule has 14 heavy (non-hydrogen) atoms. The predicted octanol–water partition coefficient (Wildman–Crippen LogP) is 2.27. The minimum atomic E-state index is 0.170. The fraction of sp³-hybridized carbons (Fsp3) is 1.00. The molecular weight excluding hydrogens is 174 g/mol. The largest absolute Gasteiger partial charge is 0.394 e. The smallest absolute Gasteiger partial charge is 0.0615 e. The van der Waals surface area contributed by atoms with E-state index in [0.29, 0.717) is 12.0 Å². The maximum Gasteiger partial charge on any atom is 0.0615 e. The van der Waals surface area contributed by atoms with E-state index in [1.165, 1.54) is 32.4 Å². The van der Waals surface area contributed by atoms with Gasteiger partial charge in [-0.25, -0.2) is 0 Å². The third kappa shape index (κ3) is 1.96. The zero-order chi connectivity index (χ0) is 10.8. The SMILES string of the molecule is CC.CC1(C)CN2CCCC2(CO)C1. The molecule has 2 rings (SSSR count). The summed E-state index contributed by atoms with van der Waals surface area (Å²) >= 11 is 0. The Kier molecular flexibility index (Phi) is 3.59. The summed E-state index contributed by atoms with van der Waals surface area (Å²) in [4.78, 5) is 2.49. The van der Waals surface area contributed by atoms with E-state index in [9.17, 15) is 5.11 Å². The second-order valence-electron chi connectivity index (χ2n) is 5.25. The highest BCUT2D eigenvalue weighted by Crippen LogP contribution is 2.46. The standard InChI is InChI=1S/C10H19NO.C2H6/c1-9(2)6-10(8-12)4-3-5-11(10)7-9;1-2/h12H,3-8H2,1-2H3;1-2H3. The van der Waals surface area contributed by atoms with Crippen molar-refractivity contribution in [2.45, 2.75) is 52.5 Å². The molecule has 2 fully saturated rings. The van der Waals surface area contributed by atoms with Crippen LogP contribution in [-0.2, 0) is 0 Å². The highest BCUT2D eigenvalue weighted by atomic mass is 16.3. The van der Waals surface area contributed by atoms with Gasteiger partial charge in [0.25, 0.3) is 0 Å². The molecule has 0 bridgehead atoms. The van der Waals surface area contributed by atoms with Crippen molar-refractivity contribution in [3.8, 4) is 0 Å². The zero-order valence-electron chi connectivity index (χ0n) is 10.1. The molecule has 1 atom stereocenters. The van der Waals surface area contributed by atoms with Crippen LogP contribution >= 0.6 is 0 Å². The summed E-state index contributed by atoms with van der Waals surface area (Å²) in [7, 11) is 0. The Morgan fingerprint density at radius 3 is 2.43 bits per heavy atom. The molecule has 0 aromatic carbocycles. The van der Waals surface area contributed by atoms with Gasteiger partial charge in [-0.15, -0.1) is 0 Å². The van der Waals surface area contributed by atoms with Gasteiger partial charge in [-0.1, -0.05) is 27.7 Å². The monoisotopic (exact) mass is 199 g/mol. The summed E-state index contributed by atoms with van der Waals surface area (Å²) in [6.07, 6.45) is 3.65. The fourth-order valence-corrected chi connectivity index (χ4v) is 3.14. The van der Waals surface area contributed by atoms with Gasteiger partial charge in [-0.2, -0.15) is 0 Å². The van der Waals surface area contributed by atoms with Crippen molar-refractivity contribution >= 4 is 0 Å². The first-order valence-electron chi connectivity index (χ1n) is 5.94. The third-order valence-electron chi connectivity index (χ3n) is 3.46. The van der Waals surface area contributed by atoms with Crippen LogP contribution in [0.5, 0.6) is 0 Å². The molecule has 2 aliphatic heterocycles. The Labute approximate surface area is 88.3 Å². The number of aliphatic hydroxyl groups excluding tert-OH is 1. The Morgan fingerprint density at radius 2 is 1.93 bits per heavy atom. The van der Waals surface area contributed by atoms with Gasteiger partial charge in [-0.3, -0.25) is 4.90 Å². The topological polar surface area (TPSA) is 23.5 Å². The van der Waals surface area contributed by atoms with E-state index in [4.69, 9.17) is 0 Å². The molecule has 0 amide bonds. The van der Waals surface area contributed by atoms with Gasteiger partial charge in [-0.05, 0) is 31.2 Å². The van der Waals surface area contributed by atoms with E-state index >= 15 is 0 Å². The lowest BCUT2D eigenvalue weighted by molar-refractivity contribution is 0.0995. The molecule has 2 nitrogen and oxygen atoms in total. The van der Waals surface area contributed by atoms with E-state index < -0.39 is 0 Å². The quantitative estimate of drug-likeness (QED) is 0.700. The van der Waals surface area contributed by atoms with Gasteiger partial charge in [0.1, 0.15) is 0 Å². The van der Waals surface area contributed by atoms with Gasteiger partial charge in [0, 0.05) is 12.1 Å². The van der Waals surface area contributed by atoms with Gasteiger partial charge < -0.3 is 5.11 Å². The van der Waals surface area contributed by atoms with Crippen LogP contribution in [0.3, 0.4) is 0 Å². The van der Waals surface area contributed by atoms with Gasteiger partial charge in [0.05, 0.1) is 6.61 Å². The van der Waals surface area contributed by atoms with Crippen LogP contribution in [-0.4, -0.2) is 35.2 Å². The molecule has 2 aliphatic rings. The van der Waals surface area contributed by atoms with E-state index in [-0.39, 0.29) is 5.54 Å². The highest BCUT2D eigenvalue weighted by Gasteiger charge is 2.50. The number of aliphatic hydroxyl groups is 1. The molecule has 1 N–H and O–H groups in total. The summed E-state index contributed by atoms with van der Waals surface area (Å²) in [6, 6.07) is 0. The number of hydrogen-bond donors (Lipinski definition) is 1. The van der Waals surface area contributed by atoms with E-state index in [1.807, 2.05) is 13.8 Å². The Bertz CT molecular complexity index is 191. The molecule has 0 aromatic rings. The van der Waals surface area contributed by atoms with Crippen molar-refractivity contribution in [2.75, 3.05) is 19.7 Å². The Hall–Kier alpha value is -0.0800. The molecule has 0 aromatic heterocycles. The first-order chi connectivity index (χ1) is 6.58. The molecule has 0 aliphatic carbocycles. The van der Waals surface area contributed by atoms with Crippen molar-refractivity contribution in [3.05, 3.63) is 0 Å². The number of rotatable bonds is 1. The fourth-order valence-electron chi connectivity index (χ4n) is 3.14. The van der Waals surface area contributed by atoms with E-state index in [1.54, 1.807) is 0 Å². The van der Waals surface area contributed by atoms with Crippen molar-refractivity contribution < 1.29 is 5.11 Å². The molecule has 0 radical (unpaired) electrons. The summed E-state index contributed by atoms with van der Waals surface area (Å²) < 4.78 is 0. The number of hydrogen-bond acceptors (Lipinski definition) is 2. The van der Waals surface area contributed by atoms with Crippen molar-refractivity contribution in [1.82, 2.24) is 4.90 Å². The lowest BCUT2D eigenvalue weighted by atomic mass is 9.83. The summed E-state index contributed by atoms with van der Waals surface area (Å²) in [5.41, 5.74) is 0.590. The maximum atomic E-state index is 9.42. The molecule has 84 valence electrons. The van der Waals surface area contributed by atoms with Crippen molar-refractivity contribution in [1.29, 1.82) is 0 Å². The Morgan fingerprint density at radius 1 is 1.29 bits per heavy atom. The molecule has 2 heterocycles. The maximum absolute atomic E-state index is 9.42. The number of nitrogens with zero attached hydrogens (tertiary/aromatic N) is 1.